The van der Waals surface area contributed by atoms with Crippen molar-refractivity contribution in [2.75, 3.05) is 18.9 Å². The number of anilines is 1. The van der Waals surface area contributed by atoms with Crippen molar-refractivity contribution in [3.05, 3.63) is 53.3 Å². The van der Waals surface area contributed by atoms with Gasteiger partial charge in [-0.15, -0.1) is 0 Å². The number of halogens is 1. The van der Waals surface area contributed by atoms with Gasteiger partial charge >= 0.3 is 5.97 Å². The molecule has 28 heavy (non-hydrogen) atoms. The molecule has 0 unspecified atom stereocenters. The minimum atomic E-state index is -0.452. The van der Waals surface area contributed by atoms with Crippen molar-refractivity contribution in [2.24, 2.45) is 0 Å². The molecule has 4 rings (SSSR count). The highest BCUT2D eigenvalue weighted by atomic mass is 19.1. The maximum Gasteiger partial charge on any atom is 0.342 e. The van der Waals surface area contributed by atoms with Crippen molar-refractivity contribution in [3.63, 3.8) is 0 Å². The van der Waals surface area contributed by atoms with E-state index in [-0.39, 0.29) is 19.0 Å². The van der Waals surface area contributed by atoms with Gasteiger partial charge in [-0.3, -0.25) is 0 Å². The van der Waals surface area contributed by atoms with Gasteiger partial charge < -0.3 is 20.0 Å². The molecule has 0 amide bonds. The number of ether oxygens (including phenoxy) is 1. The summed E-state index contributed by atoms with van der Waals surface area (Å²) in [4.78, 5) is 12.6. The zero-order valence-electron chi connectivity index (χ0n) is 16.0. The molecule has 1 fully saturated rings. The third-order valence-electron chi connectivity index (χ3n) is 4.50. The number of hydrogen-bond donors (Lipinski definition) is 2. The first-order valence-corrected chi connectivity index (χ1v) is 9.39. The Bertz CT molecular complexity index is 974. The van der Waals surface area contributed by atoms with Crippen LogP contribution in [-0.2, 0) is 4.74 Å². The zero-order chi connectivity index (χ0) is 20.3. The second-order valence-corrected chi connectivity index (χ2v) is 6.60. The predicted octanol–water partition coefficient (Wildman–Crippen LogP) is 4.87. The van der Waals surface area contributed by atoms with E-state index in [1.54, 1.807) is 32.0 Å². The van der Waals surface area contributed by atoms with Crippen molar-refractivity contribution >= 4 is 22.6 Å². The molecule has 6 heteroatoms. The van der Waals surface area contributed by atoms with Gasteiger partial charge in [-0.05, 0) is 68.5 Å². The molecule has 1 heterocycles. The Morgan fingerprint density at radius 3 is 2.46 bits per heavy atom. The van der Waals surface area contributed by atoms with Gasteiger partial charge in [-0.2, -0.15) is 0 Å². The van der Waals surface area contributed by atoms with Gasteiger partial charge in [0.1, 0.15) is 22.7 Å². The highest BCUT2D eigenvalue weighted by Crippen LogP contribution is 2.45. The van der Waals surface area contributed by atoms with E-state index in [1.165, 1.54) is 12.1 Å². The molecule has 2 aromatic carbocycles. The Hall–Kier alpha value is -2.86. The molecular formula is C22H24FNO4. The monoisotopic (exact) mass is 385 g/mol. The van der Waals surface area contributed by atoms with Crippen LogP contribution in [0.2, 0.25) is 0 Å². The predicted molar refractivity (Wildman–Crippen MR) is 107 cm³/mol. The lowest BCUT2D eigenvalue weighted by Gasteiger charge is -2.05. The fraction of sp³-hybridized carbons (Fsp3) is 0.318. The van der Waals surface area contributed by atoms with Crippen LogP contribution in [0.1, 0.15) is 48.5 Å². The van der Waals surface area contributed by atoms with Crippen LogP contribution in [0, 0.1) is 5.82 Å². The summed E-state index contributed by atoms with van der Waals surface area (Å²) in [5, 5.41) is 8.26. The molecule has 0 spiro atoms. The van der Waals surface area contributed by atoms with Crippen LogP contribution in [0.15, 0.2) is 40.8 Å². The molecule has 3 N–H and O–H groups in total. The van der Waals surface area contributed by atoms with Crippen LogP contribution < -0.4 is 5.73 Å². The smallest absolute Gasteiger partial charge is 0.342 e. The first-order valence-electron chi connectivity index (χ1n) is 9.39. The van der Waals surface area contributed by atoms with Crippen molar-refractivity contribution < 1.29 is 23.4 Å². The minimum Gasteiger partial charge on any atom is -0.462 e. The van der Waals surface area contributed by atoms with Gasteiger partial charge in [0.15, 0.2) is 0 Å². The van der Waals surface area contributed by atoms with Crippen molar-refractivity contribution in [1.29, 1.82) is 0 Å². The standard InChI is InChI=1S/C20H18FNO3.C2H6O/c1-2-24-20(23)18-15-9-14(11-3-4-11)16(22)10-17(15)25-19(18)12-5-7-13(21)8-6-12;1-2-3/h5-11H,2-4,22H2,1H3;3H,2H2,1H3. The fourth-order valence-corrected chi connectivity index (χ4v) is 3.13. The summed E-state index contributed by atoms with van der Waals surface area (Å²) < 4.78 is 24.4. The molecule has 148 valence electrons. The number of aliphatic hydroxyl groups is 1. The number of aliphatic hydroxyl groups excluding tert-OH is 1. The molecule has 0 bridgehead atoms. The molecule has 1 aliphatic rings. The van der Waals surface area contributed by atoms with Crippen LogP contribution in [0.4, 0.5) is 10.1 Å². The largest absolute Gasteiger partial charge is 0.462 e. The molecular weight excluding hydrogens is 361 g/mol. The van der Waals surface area contributed by atoms with E-state index >= 15 is 0 Å². The summed E-state index contributed by atoms with van der Waals surface area (Å²) in [6.45, 7) is 3.95. The average molecular weight is 385 g/mol. The van der Waals surface area contributed by atoms with E-state index < -0.39 is 5.97 Å². The van der Waals surface area contributed by atoms with E-state index in [2.05, 4.69) is 0 Å². The van der Waals surface area contributed by atoms with Gasteiger partial charge in [-0.1, -0.05) is 0 Å². The Kier molecular flexibility index (Phi) is 5.99. The molecule has 1 aliphatic carbocycles. The van der Waals surface area contributed by atoms with Gasteiger partial charge in [0.05, 0.1) is 6.61 Å². The molecule has 0 aliphatic heterocycles. The summed E-state index contributed by atoms with van der Waals surface area (Å²) in [6, 6.07) is 9.54. The zero-order valence-corrected chi connectivity index (χ0v) is 16.0. The number of carbonyl (C=O) groups is 1. The van der Waals surface area contributed by atoms with Crippen LogP contribution in [0.5, 0.6) is 0 Å². The van der Waals surface area contributed by atoms with Crippen molar-refractivity contribution in [1.82, 2.24) is 0 Å². The number of benzene rings is 2. The van der Waals surface area contributed by atoms with E-state index in [1.807, 2.05) is 6.07 Å². The van der Waals surface area contributed by atoms with Crippen LogP contribution >= 0.6 is 0 Å². The summed E-state index contributed by atoms with van der Waals surface area (Å²) in [6.07, 6.45) is 2.21. The second kappa shape index (κ2) is 8.44. The number of hydrogen-bond acceptors (Lipinski definition) is 5. The number of rotatable bonds is 4. The van der Waals surface area contributed by atoms with E-state index in [0.29, 0.717) is 39.5 Å². The Labute approximate surface area is 162 Å². The fourth-order valence-electron chi connectivity index (χ4n) is 3.13. The number of nitrogens with two attached hydrogens (primary N) is 1. The normalized spacial score (nSPS) is 13.1. The number of fused-ring (bicyclic) bond motifs is 1. The van der Waals surface area contributed by atoms with Crippen LogP contribution in [0.25, 0.3) is 22.3 Å². The van der Waals surface area contributed by atoms with Crippen LogP contribution in [-0.4, -0.2) is 24.3 Å². The lowest BCUT2D eigenvalue weighted by molar-refractivity contribution is 0.0528. The van der Waals surface area contributed by atoms with Gasteiger partial charge in [0.25, 0.3) is 0 Å². The SMILES string of the molecule is CCO.CCOC(=O)c1c(-c2ccc(F)cc2)oc2cc(N)c(C3CC3)cc12. The average Bonchev–Trinajstić information content (AvgIpc) is 3.43. The molecule has 0 saturated heterocycles. The third-order valence-corrected chi connectivity index (χ3v) is 4.50. The molecule has 3 aromatic rings. The summed E-state index contributed by atoms with van der Waals surface area (Å²) in [5.41, 5.74) is 9.39. The van der Waals surface area contributed by atoms with Gasteiger partial charge in [0, 0.05) is 29.3 Å². The van der Waals surface area contributed by atoms with E-state index in [9.17, 15) is 9.18 Å². The molecule has 0 radical (unpaired) electrons. The molecule has 0 atom stereocenters. The number of furan rings is 1. The highest BCUT2D eigenvalue weighted by Gasteiger charge is 2.29. The Morgan fingerprint density at radius 1 is 1.25 bits per heavy atom. The number of nitrogen functional groups attached to an aromatic ring is 1. The number of esters is 1. The molecule has 1 saturated carbocycles. The first kappa shape index (κ1) is 19.9. The third kappa shape index (κ3) is 4.02. The van der Waals surface area contributed by atoms with E-state index in [0.717, 1.165) is 18.4 Å². The lowest BCUT2D eigenvalue weighted by atomic mass is 10.0. The second-order valence-electron chi connectivity index (χ2n) is 6.60. The van der Waals surface area contributed by atoms with E-state index in [4.69, 9.17) is 20.0 Å². The topological polar surface area (TPSA) is 85.7 Å². The minimum absolute atomic E-state index is 0.250. The lowest BCUT2D eigenvalue weighted by Crippen LogP contribution is -2.05. The van der Waals surface area contributed by atoms with Gasteiger partial charge in [-0.25, -0.2) is 9.18 Å². The quantitative estimate of drug-likeness (QED) is 0.494. The molecule has 1 aromatic heterocycles. The maximum atomic E-state index is 13.2. The highest BCUT2D eigenvalue weighted by molar-refractivity contribution is 6.09. The number of carbonyl (C=O) groups excluding carboxylic acids is 1. The van der Waals surface area contributed by atoms with Crippen LogP contribution in [0.3, 0.4) is 0 Å². The first-order chi connectivity index (χ1) is 13.5. The maximum absolute atomic E-state index is 13.2. The Balaban J connectivity index is 0.000000706. The Morgan fingerprint density at radius 2 is 1.89 bits per heavy atom. The summed E-state index contributed by atoms with van der Waals surface area (Å²) in [7, 11) is 0. The summed E-state index contributed by atoms with van der Waals surface area (Å²) in [5.74, 6) is 0.0225. The van der Waals surface area contributed by atoms with Gasteiger partial charge in [0.2, 0.25) is 0 Å². The summed E-state index contributed by atoms with van der Waals surface area (Å²) >= 11 is 0. The molecule has 5 nitrogen and oxygen atoms in total. The van der Waals surface area contributed by atoms with Crippen molar-refractivity contribution in [2.45, 2.75) is 32.6 Å². The van der Waals surface area contributed by atoms with Crippen molar-refractivity contribution in [3.8, 4) is 11.3 Å².